The van der Waals surface area contributed by atoms with Crippen molar-refractivity contribution in [2.24, 2.45) is 5.11 Å². The molecule has 0 amide bonds. The molecule has 0 atom stereocenters. The Bertz CT molecular complexity index is 913. The van der Waals surface area contributed by atoms with Crippen LogP contribution in [0.2, 0.25) is 0 Å². The van der Waals surface area contributed by atoms with Gasteiger partial charge in [0, 0.05) is 55.2 Å². The first-order valence-corrected chi connectivity index (χ1v) is 10.1. The van der Waals surface area contributed by atoms with Crippen LogP contribution in [0.25, 0.3) is 10.4 Å². The molecule has 2 aromatic carbocycles. The molecule has 0 saturated carbocycles. The number of benzene rings is 2. The monoisotopic (exact) mass is 427 g/mol. The van der Waals surface area contributed by atoms with Gasteiger partial charge in [0.25, 0.3) is 0 Å². The van der Waals surface area contributed by atoms with Crippen molar-refractivity contribution < 1.29 is 19.7 Å². The van der Waals surface area contributed by atoms with Gasteiger partial charge in [-0.15, -0.1) is 0 Å². The molecule has 0 radical (unpaired) electrons. The molecule has 2 aromatic rings. The molecule has 0 aliphatic heterocycles. The Morgan fingerprint density at radius 2 is 1.55 bits per heavy atom. The first-order valence-electron chi connectivity index (χ1n) is 10.1. The average molecular weight is 428 g/mol. The van der Waals surface area contributed by atoms with Crippen molar-refractivity contribution >= 4 is 5.97 Å². The number of methoxy groups -OCH3 is 1. The Kier molecular flexibility index (Phi) is 10.2. The predicted molar refractivity (Wildman–Crippen MR) is 118 cm³/mol. The van der Waals surface area contributed by atoms with Gasteiger partial charge >= 0.3 is 5.97 Å². The Morgan fingerprint density at radius 3 is 2.06 bits per heavy atom. The van der Waals surface area contributed by atoms with E-state index in [0.717, 1.165) is 22.3 Å². The summed E-state index contributed by atoms with van der Waals surface area (Å²) in [7, 11) is 1.37. The molecule has 0 unspecified atom stereocenters. The van der Waals surface area contributed by atoms with Gasteiger partial charge in [-0.25, -0.2) is 0 Å². The van der Waals surface area contributed by atoms with Crippen molar-refractivity contribution in [1.82, 2.24) is 10.6 Å². The quantitative estimate of drug-likeness (QED) is 0.127. The van der Waals surface area contributed by atoms with Gasteiger partial charge in [0.05, 0.1) is 7.11 Å². The Balaban J connectivity index is 1.74. The summed E-state index contributed by atoms with van der Waals surface area (Å²) in [6.07, 6.45) is 1.49. The number of carbonyl (C=O) groups excluding carboxylic acids is 1. The number of azide groups is 1. The van der Waals surface area contributed by atoms with E-state index in [-0.39, 0.29) is 17.5 Å². The number of aromatic hydroxyl groups is 2. The molecular weight excluding hydrogens is 398 g/mol. The summed E-state index contributed by atoms with van der Waals surface area (Å²) >= 11 is 0. The molecule has 166 valence electrons. The normalized spacial score (nSPS) is 10.5. The van der Waals surface area contributed by atoms with E-state index in [1.165, 1.54) is 7.11 Å². The summed E-state index contributed by atoms with van der Waals surface area (Å²) in [4.78, 5) is 14.0. The average Bonchev–Trinajstić information content (AvgIpc) is 2.78. The zero-order valence-electron chi connectivity index (χ0n) is 17.7. The highest BCUT2D eigenvalue weighted by Gasteiger charge is 2.06. The number of hydrogen-bond acceptors (Lipinski definition) is 7. The number of phenolic OH excluding ortho intramolecular Hbond substituents is 2. The third kappa shape index (κ3) is 8.55. The fraction of sp³-hybridized carbons (Fsp3) is 0.409. The standard InChI is InChI=1S/C22H29N5O4/c1-31-22(30)7-4-16-2-5-20(28)18(12-16)14-24-10-11-25-15-19-13-17(3-6-21(19)29)8-9-26-27-23/h2-3,5-6,12-13,24-25,28-29H,4,7-11,14-15H2,1H3. The van der Waals surface area contributed by atoms with Gasteiger partial charge < -0.3 is 25.6 Å². The Labute approximate surface area is 181 Å². The number of hydrogen-bond donors (Lipinski definition) is 4. The van der Waals surface area contributed by atoms with E-state index in [1.807, 2.05) is 18.2 Å². The highest BCUT2D eigenvalue weighted by atomic mass is 16.5. The maximum atomic E-state index is 11.3. The van der Waals surface area contributed by atoms with Crippen molar-refractivity contribution in [1.29, 1.82) is 0 Å². The number of rotatable bonds is 13. The summed E-state index contributed by atoms with van der Waals surface area (Å²) in [5.41, 5.74) is 11.9. The van der Waals surface area contributed by atoms with Crippen LogP contribution in [0, 0.1) is 0 Å². The largest absolute Gasteiger partial charge is 0.508 e. The molecule has 2 rings (SSSR count). The number of esters is 1. The first-order chi connectivity index (χ1) is 15.0. The number of nitrogens with zero attached hydrogens (tertiary/aromatic N) is 3. The van der Waals surface area contributed by atoms with Gasteiger partial charge in [-0.1, -0.05) is 29.4 Å². The molecule has 0 aromatic heterocycles. The lowest BCUT2D eigenvalue weighted by Crippen LogP contribution is -2.26. The molecule has 9 heteroatoms. The lowest BCUT2D eigenvalue weighted by Gasteiger charge is -2.11. The zero-order chi connectivity index (χ0) is 22.5. The third-order valence-electron chi connectivity index (χ3n) is 4.81. The van der Waals surface area contributed by atoms with Gasteiger partial charge in [-0.2, -0.15) is 0 Å². The molecule has 0 saturated heterocycles. The van der Waals surface area contributed by atoms with Crippen LogP contribution in [-0.4, -0.2) is 42.9 Å². The number of carbonyl (C=O) groups is 1. The third-order valence-corrected chi connectivity index (χ3v) is 4.81. The van der Waals surface area contributed by atoms with E-state index in [4.69, 9.17) is 5.53 Å². The summed E-state index contributed by atoms with van der Waals surface area (Å²) in [6.45, 7) is 2.74. The SMILES string of the molecule is COC(=O)CCc1ccc(O)c(CNCCNCc2cc(CCN=[N+]=[N-])ccc2O)c1. The first kappa shape index (κ1) is 24.0. The number of ether oxygens (including phenoxy) is 1. The van der Waals surface area contributed by atoms with Crippen LogP contribution in [0.1, 0.15) is 28.7 Å². The van der Waals surface area contributed by atoms with Crippen molar-refractivity contribution in [3.8, 4) is 11.5 Å². The number of nitrogens with one attached hydrogen (secondary N) is 2. The maximum absolute atomic E-state index is 11.3. The molecule has 0 spiro atoms. The second-order valence-electron chi connectivity index (χ2n) is 7.06. The van der Waals surface area contributed by atoms with E-state index in [0.29, 0.717) is 52.0 Å². The maximum Gasteiger partial charge on any atom is 0.305 e. The summed E-state index contributed by atoms with van der Waals surface area (Å²) < 4.78 is 4.66. The molecule has 0 bridgehead atoms. The minimum atomic E-state index is -0.258. The molecule has 0 fully saturated rings. The van der Waals surface area contributed by atoms with Crippen molar-refractivity contribution in [2.75, 3.05) is 26.7 Å². The molecule has 31 heavy (non-hydrogen) atoms. The molecule has 0 heterocycles. The van der Waals surface area contributed by atoms with Crippen molar-refractivity contribution in [3.63, 3.8) is 0 Å². The second-order valence-corrected chi connectivity index (χ2v) is 7.06. The van der Waals surface area contributed by atoms with Crippen LogP contribution in [0.5, 0.6) is 11.5 Å². The van der Waals surface area contributed by atoms with Gasteiger partial charge in [-0.3, -0.25) is 4.79 Å². The van der Waals surface area contributed by atoms with Gasteiger partial charge in [0.15, 0.2) is 0 Å². The van der Waals surface area contributed by atoms with Crippen LogP contribution >= 0.6 is 0 Å². The fourth-order valence-electron chi connectivity index (χ4n) is 3.07. The van der Waals surface area contributed by atoms with E-state index < -0.39 is 0 Å². The Hall–Kier alpha value is -3.26. The summed E-state index contributed by atoms with van der Waals surface area (Å²) in [5.74, 6) is 0.178. The van der Waals surface area contributed by atoms with Crippen LogP contribution in [0.3, 0.4) is 0 Å². The minimum Gasteiger partial charge on any atom is -0.508 e. The topological polar surface area (TPSA) is 140 Å². The highest BCUT2D eigenvalue weighted by Crippen LogP contribution is 2.20. The molecule has 0 aliphatic rings. The smallest absolute Gasteiger partial charge is 0.305 e. The lowest BCUT2D eigenvalue weighted by molar-refractivity contribution is -0.140. The number of phenols is 2. The Morgan fingerprint density at radius 1 is 1.00 bits per heavy atom. The van der Waals surface area contributed by atoms with Gasteiger partial charge in [-0.05, 0) is 41.6 Å². The molecule has 9 nitrogen and oxygen atoms in total. The fourth-order valence-corrected chi connectivity index (χ4v) is 3.07. The highest BCUT2D eigenvalue weighted by molar-refractivity contribution is 5.69. The number of aryl methyl sites for hydroxylation is 1. The second kappa shape index (κ2) is 13.1. The van der Waals surface area contributed by atoms with Crippen molar-refractivity contribution in [2.45, 2.75) is 32.4 Å². The summed E-state index contributed by atoms with van der Waals surface area (Å²) in [5, 5.41) is 30.1. The molecule has 4 N–H and O–H groups in total. The zero-order valence-corrected chi connectivity index (χ0v) is 17.7. The minimum absolute atomic E-state index is 0.213. The lowest BCUT2D eigenvalue weighted by atomic mass is 10.1. The molecular formula is C22H29N5O4. The van der Waals surface area contributed by atoms with Crippen LogP contribution in [0.4, 0.5) is 0 Å². The van der Waals surface area contributed by atoms with Crippen LogP contribution < -0.4 is 10.6 Å². The van der Waals surface area contributed by atoms with Crippen LogP contribution in [0.15, 0.2) is 41.5 Å². The van der Waals surface area contributed by atoms with E-state index in [1.54, 1.807) is 18.2 Å². The predicted octanol–water partition coefficient (Wildman–Crippen LogP) is 2.94. The van der Waals surface area contributed by atoms with E-state index in [2.05, 4.69) is 25.4 Å². The van der Waals surface area contributed by atoms with Crippen molar-refractivity contribution in [3.05, 3.63) is 69.1 Å². The van der Waals surface area contributed by atoms with Crippen LogP contribution in [-0.2, 0) is 35.5 Å². The van der Waals surface area contributed by atoms with E-state index in [9.17, 15) is 15.0 Å². The van der Waals surface area contributed by atoms with E-state index >= 15 is 0 Å². The summed E-state index contributed by atoms with van der Waals surface area (Å²) in [6, 6.07) is 10.7. The van der Waals surface area contributed by atoms with Gasteiger partial charge in [0.2, 0.25) is 0 Å². The van der Waals surface area contributed by atoms with Gasteiger partial charge in [0.1, 0.15) is 11.5 Å². The molecule has 0 aliphatic carbocycles.